The van der Waals surface area contributed by atoms with Crippen LogP contribution in [0.4, 0.5) is 0 Å². The molecule has 0 unspecified atom stereocenters. The van der Waals surface area contributed by atoms with Crippen molar-refractivity contribution in [2.45, 2.75) is 0 Å². The minimum atomic E-state index is -0.136. The van der Waals surface area contributed by atoms with Crippen LogP contribution in [0.3, 0.4) is 0 Å². The molecule has 0 saturated heterocycles. The largest absolute Gasteiger partial charge is 0.455 e. The summed E-state index contributed by atoms with van der Waals surface area (Å²) in [7, 11) is 0. The van der Waals surface area contributed by atoms with Gasteiger partial charge in [-0.15, -0.1) is 0 Å². The first-order chi connectivity index (χ1) is 8.16. The average molecular weight is 248 g/mol. The van der Waals surface area contributed by atoms with Crippen molar-refractivity contribution in [3.63, 3.8) is 0 Å². The maximum absolute atomic E-state index is 7.39. The van der Waals surface area contributed by atoms with Gasteiger partial charge in [0.1, 0.15) is 17.3 Å². The maximum atomic E-state index is 7.39. The molecule has 5 heteroatoms. The molecule has 0 bridgehead atoms. The second-order valence-corrected chi connectivity index (χ2v) is 3.76. The Morgan fingerprint density at radius 3 is 2.82 bits per heavy atom. The van der Waals surface area contributed by atoms with Crippen molar-refractivity contribution < 1.29 is 4.74 Å². The highest BCUT2D eigenvalue weighted by Crippen LogP contribution is 2.25. The fourth-order valence-corrected chi connectivity index (χ4v) is 1.51. The summed E-state index contributed by atoms with van der Waals surface area (Å²) in [6.07, 6.45) is 1.56. The standard InChI is InChI=1S/C12H10ClN3O/c13-8-3-1-4-9(7-8)17-10-5-2-6-16-11(10)12(14)15/h1-7H,(H3,14,15). The van der Waals surface area contributed by atoms with Crippen molar-refractivity contribution in [3.8, 4) is 11.5 Å². The minimum absolute atomic E-state index is 0.136. The zero-order valence-electron chi connectivity index (χ0n) is 8.85. The zero-order valence-corrected chi connectivity index (χ0v) is 9.61. The van der Waals surface area contributed by atoms with Gasteiger partial charge in [0.15, 0.2) is 5.75 Å². The van der Waals surface area contributed by atoms with Gasteiger partial charge in [0.2, 0.25) is 0 Å². The molecule has 0 aliphatic heterocycles. The first-order valence-electron chi connectivity index (χ1n) is 4.89. The summed E-state index contributed by atoms with van der Waals surface area (Å²) in [6.45, 7) is 0. The van der Waals surface area contributed by atoms with Gasteiger partial charge in [-0.1, -0.05) is 17.7 Å². The number of nitrogen functional groups attached to an aromatic ring is 1. The van der Waals surface area contributed by atoms with E-state index in [1.54, 1.807) is 42.6 Å². The van der Waals surface area contributed by atoms with E-state index in [0.29, 0.717) is 22.2 Å². The van der Waals surface area contributed by atoms with E-state index >= 15 is 0 Å². The van der Waals surface area contributed by atoms with E-state index in [0.717, 1.165) is 0 Å². The number of rotatable bonds is 3. The van der Waals surface area contributed by atoms with Gasteiger partial charge >= 0.3 is 0 Å². The van der Waals surface area contributed by atoms with Crippen LogP contribution in [0, 0.1) is 5.41 Å². The van der Waals surface area contributed by atoms with Crippen molar-refractivity contribution >= 4 is 17.4 Å². The number of hydrogen-bond acceptors (Lipinski definition) is 3. The SMILES string of the molecule is N=C(N)c1ncccc1Oc1cccc(Cl)c1. The molecule has 0 spiro atoms. The molecule has 0 amide bonds. The van der Waals surface area contributed by atoms with E-state index in [9.17, 15) is 0 Å². The molecule has 2 aromatic rings. The smallest absolute Gasteiger partial charge is 0.156 e. The van der Waals surface area contributed by atoms with E-state index in [1.807, 2.05) is 0 Å². The summed E-state index contributed by atoms with van der Waals surface area (Å²) in [5.41, 5.74) is 5.73. The van der Waals surface area contributed by atoms with Gasteiger partial charge in [0.05, 0.1) is 0 Å². The Morgan fingerprint density at radius 2 is 2.12 bits per heavy atom. The predicted octanol–water partition coefficient (Wildman–Crippen LogP) is 2.81. The Balaban J connectivity index is 2.33. The van der Waals surface area contributed by atoms with Crippen LogP contribution in [0.25, 0.3) is 0 Å². The number of pyridine rings is 1. The van der Waals surface area contributed by atoms with Gasteiger partial charge < -0.3 is 10.5 Å². The fourth-order valence-electron chi connectivity index (χ4n) is 1.33. The quantitative estimate of drug-likeness (QED) is 0.647. The van der Waals surface area contributed by atoms with E-state index in [1.165, 1.54) is 0 Å². The summed E-state index contributed by atoms with van der Waals surface area (Å²) in [5.74, 6) is 0.873. The van der Waals surface area contributed by atoms with Gasteiger partial charge in [0, 0.05) is 11.2 Å². The minimum Gasteiger partial charge on any atom is -0.455 e. The highest BCUT2D eigenvalue weighted by Gasteiger charge is 2.08. The first-order valence-corrected chi connectivity index (χ1v) is 5.27. The zero-order chi connectivity index (χ0) is 12.3. The van der Waals surface area contributed by atoms with Crippen molar-refractivity contribution in [2.24, 2.45) is 5.73 Å². The lowest BCUT2D eigenvalue weighted by Crippen LogP contribution is -2.14. The third kappa shape index (κ3) is 2.73. The number of hydrogen-bond donors (Lipinski definition) is 2. The van der Waals surface area contributed by atoms with Gasteiger partial charge in [0.25, 0.3) is 0 Å². The van der Waals surface area contributed by atoms with Crippen LogP contribution < -0.4 is 10.5 Å². The van der Waals surface area contributed by atoms with Crippen LogP contribution in [0.5, 0.6) is 11.5 Å². The molecule has 1 heterocycles. The monoisotopic (exact) mass is 247 g/mol. The molecule has 0 radical (unpaired) electrons. The number of ether oxygens (including phenoxy) is 1. The molecule has 4 nitrogen and oxygen atoms in total. The van der Waals surface area contributed by atoms with Crippen LogP contribution in [0.2, 0.25) is 5.02 Å². The summed E-state index contributed by atoms with van der Waals surface area (Å²) in [4.78, 5) is 3.99. The van der Waals surface area contributed by atoms with Crippen LogP contribution >= 0.6 is 11.6 Å². The Hall–Kier alpha value is -2.07. The number of nitrogens with one attached hydrogen (secondary N) is 1. The summed E-state index contributed by atoms with van der Waals surface area (Å²) in [5, 5.41) is 7.97. The summed E-state index contributed by atoms with van der Waals surface area (Å²) < 4.78 is 5.58. The molecule has 1 aromatic carbocycles. The third-order valence-corrected chi connectivity index (χ3v) is 2.28. The van der Waals surface area contributed by atoms with Crippen molar-refractivity contribution in [2.75, 3.05) is 0 Å². The lowest BCUT2D eigenvalue weighted by Gasteiger charge is -2.09. The number of nitrogens with zero attached hydrogens (tertiary/aromatic N) is 1. The first kappa shape index (κ1) is 11.4. The van der Waals surface area contributed by atoms with E-state index in [4.69, 9.17) is 27.5 Å². The predicted molar refractivity (Wildman–Crippen MR) is 66.8 cm³/mol. The lowest BCUT2D eigenvalue weighted by atomic mass is 10.3. The molecular weight excluding hydrogens is 238 g/mol. The molecular formula is C12H10ClN3O. The van der Waals surface area contributed by atoms with Crippen molar-refractivity contribution in [1.82, 2.24) is 4.98 Å². The Labute approximate surface area is 104 Å². The van der Waals surface area contributed by atoms with Crippen LogP contribution in [-0.4, -0.2) is 10.8 Å². The molecule has 0 atom stereocenters. The highest BCUT2D eigenvalue weighted by atomic mass is 35.5. The highest BCUT2D eigenvalue weighted by molar-refractivity contribution is 6.30. The molecule has 0 aliphatic carbocycles. The van der Waals surface area contributed by atoms with Gasteiger partial charge in [-0.25, -0.2) is 4.98 Å². The maximum Gasteiger partial charge on any atom is 0.156 e. The Kier molecular flexibility index (Phi) is 3.25. The number of amidine groups is 1. The molecule has 0 aliphatic rings. The van der Waals surface area contributed by atoms with Gasteiger partial charge in [-0.2, -0.15) is 0 Å². The lowest BCUT2D eigenvalue weighted by molar-refractivity contribution is 0.479. The van der Waals surface area contributed by atoms with E-state index < -0.39 is 0 Å². The molecule has 2 rings (SSSR count). The van der Waals surface area contributed by atoms with Gasteiger partial charge in [-0.3, -0.25) is 5.41 Å². The number of halogens is 1. The summed E-state index contributed by atoms with van der Waals surface area (Å²) in [6, 6.07) is 10.4. The van der Waals surface area contributed by atoms with Gasteiger partial charge in [-0.05, 0) is 30.3 Å². The van der Waals surface area contributed by atoms with E-state index in [2.05, 4.69) is 4.98 Å². The Bertz CT molecular complexity index is 557. The molecule has 3 N–H and O–H groups in total. The molecule has 17 heavy (non-hydrogen) atoms. The normalized spacial score (nSPS) is 9.94. The molecule has 1 aromatic heterocycles. The van der Waals surface area contributed by atoms with Crippen molar-refractivity contribution in [1.29, 1.82) is 5.41 Å². The fraction of sp³-hybridized carbons (Fsp3) is 0. The van der Waals surface area contributed by atoms with Crippen LogP contribution in [0.15, 0.2) is 42.6 Å². The molecule has 0 fully saturated rings. The van der Waals surface area contributed by atoms with Crippen LogP contribution in [0.1, 0.15) is 5.69 Å². The summed E-state index contributed by atoms with van der Waals surface area (Å²) >= 11 is 5.85. The Morgan fingerprint density at radius 1 is 1.29 bits per heavy atom. The number of nitrogens with two attached hydrogens (primary N) is 1. The molecule has 86 valence electrons. The second kappa shape index (κ2) is 4.84. The topological polar surface area (TPSA) is 72.0 Å². The number of benzene rings is 1. The van der Waals surface area contributed by atoms with Crippen LogP contribution in [-0.2, 0) is 0 Å². The second-order valence-electron chi connectivity index (χ2n) is 3.32. The molecule has 0 saturated carbocycles. The number of aromatic nitrogens is 1. The van der Waals surface area contributed by atoms with E-state index in [-0.39, 0.29) is 5.84 Å². The third-order valence-electron chi connectivity index (χ3n) is 2.05. The average Bonchev–Trinajstić information content (AvgIpc) is 2.29. The van der Waals surface area contributed by atoms with Crippen molar-refractivity contribution in [3.05, 3.63) is 53.3 Å².